The van der Waals surface area contributed by atoms with Crippen LogP contribution < -0.4 is 0 Å². The van der Waals surface area contributed by atoms with Crippen LogP contribution in [0.25, 0.3) is 0 Å². The van der Waals surface area contributed by atoms with Gasteiger partial charge in [0, 0.05) is 12.3 Å². The maximum Gasteiger partial charge on any atom is 0.158 e. The lowest BCUT2D eigenvalue weighted by Gasteiger charge is -2.45. The molecule has 1 unspecified atom stereocenters. The zero-order chi connectivity index (χ0) is 21.1. The van der Waals surface area contributed by atoms with Gasteiger partial charge in [-0.25, -0.2) is 0 Å². The molecule has 0 aromatic carbocycles. The van der Waals surface area contributed by atoms with Crippen LogP contribution in [0.5, 0.6) is 0 Å². The predicted octanol–water partition coefficient (Wildman–Crippen LogP) is -0.938. The summed E-state index contributed by atoms with van der Waals surface area (Å²) in [5.41, 5.74) is 0.731. The quantitative estimate of drug-likeness (QED) is 0.321. The van der Waals surface area contributed by atoms with E-state index in [9.17, 15) is 35.4 Å². The Kier molecular flexibility index (Phi) is 7.92. The molecule has 0 spiro atoms. The highest BCUT2D eigenvalue weighted by molar-refractivity contribution is 5.97. The molecule has 2 rings (SSSR count). The second-order valence-electron chi connectivity index (χ2n) is 8.08. The third-order valence-corrected chi connectivity index (χ3v) is 6.02. The molecule has 1 aliphatic heterocycles. The molecule has 160 valence electrons. The van der Waals surface area contributed by atoms with Crippen molar-refractivity contribution < 1.29 is 40.2 Å². The molecule has 1 saturated heterocycles. The molecule has 2 aliphatic rings. The average molecular weight is 400 g/mol. The fraction of sp³-hybridized carbons (Fsp3) is 0.750. The summed E-state index contributed by atoms with van der Waals surface area (Å²) in [5, 5.41) is 58.4. The fourth-order valence-corrected chi connectivity index (χ4v) is 4.06. The van der Waals surface area contributed by atoms with Crippen molar-refractivity contribution in [2.45, 2.75) is 63.6 Å². The number of allylic oxidation sites excluding steroid dienone is 3. The number of carbonyl (C=O) groups is 1. The van der Waals surface area contributed by atoms with E-state index in [1.54, 1.807) is 19.1 Å². The largest absolute Gasteiger partial charge is 0.396 e. The van der Waals surface area contributed by atoms with Gasteiger partial charge in [-0.15, -0.1) is 0 Å². The summed E-state index contributed by atoms with van der Waals surface area (Å²) in [5.74, 6) is -0.440. The molecule has 0 aromatic rings. The van der Waals surface area contributed by atoms with Gasteiger partial charge in [-0.05, 0) is 36.3 Å². The van der Waals surface area contributed by atoms with Crippen molar-refractivity contribution in [1.29, 1.82) is 0 Å². The van der Waals surface area contributed by atoms with Crippen molar-refractivity contribution >= 4 is 5.78 Å². The van der Waals surface area contributed by atoms with E-state index >= 15 is 0 Å². The van der Waals surface area contributed by atoms with E-state index < -0.39 is 48.5 Å². The summed E-state index contributed by atoms with van der Waals surface area (Å²) in [4.78, 5) is 12.2. The zero-order valence-electron chi connectivity index (χ0n) is 16.4. The molecule has 0 saturated carbocycles. The Bertz CT molecular complexity index is 609. The Morgan fingerprint density at radius 3 is 2.29 bits per heavy atom. The second kappa shape index (κ2) is 9.58. The minimum Gasteiger partial charge on any atom is -0.396 e. The normalized spacial score (nSPS) is 37.3. The van der Waals surface area contributed by atoms with E-state index in [-0.39, 0.29) is 25.4 Å². The number of carbonyl (C=O) groups excluding carboxylic acids is 1. The fourth-order valence-electron chi connectivity index (χ4n) is 4.06. The van der Waals surface area contributed by atoms with E-state index in [2.05, 4.69) is 0 Å². The van der Waals surface area contributed by atoms with Crippen LogP contribution in [-0.2, 0) is 9.53 Å². The smallest absolute Gasteiger partial charge is 0.158 e. The Hall–Kier alpha value is -1.13. The molecule has 0 radical (unpaired) electrons. The predicted molar refractivity (Wildman–Crippen MR) is 100 cm³/mol. The summed E-state index contributed by atoms with van der Waals surface area (Å²) < 4.78 is 5.66. The first kappa shape index (κ1) is 23.2. The first-order chi connectivity index (χ1) is 13.2. The highest BCUT2D eigenvalue weighted by Gasteiger charge is 2.47. The third kappa shape index (κ3) is 4.71. The van der Waals surface area contributed by atoms with Crippen molar-refractivity contribution in [2.75, 3.05) is 19.8 Å². The minimum atomic E-state index is -1.44. The first-order valence-corrected chi connectivity index (χ1v) is 9.63. The van der Waals surface area contributed by atoms with Crippen LogP contribution in [0.2, 0.25) is 0 Å². The molecular weight excluding hydrogens is 368 g/mol. The average Bonchev–Trinajstić information content (AvgIpc) is 2.68. The topological polar surface area (TPSA) is 148 Å². The van der Waals surface area contributed by atoms with Crippen molar-refractivity contribution in [3.8, 4) is 0 Å². The van der Waals surface area contributed by atoms with Crippen molar-refractivity contribution in [3.63, 3.8) is 0 Å². The molecule has 8 nitrogen and oxygen atoms in total. The monoisotopic (exact) mass is 400 g/mol. The van der Waals surface area contributed by atoms with Gasteiger partial charge in [-0.3, -0.25) is 4.79 Å². The van der Waals surface area contributed by atoms with Crippen molar-refractivity contribution in [2.24, 2.45) is 11.3 Å². The van der Waals surface area contributed by atoms with E-state index in [1.807, 2.05) is 6.92 Å². The number of hydrogen-bond donors (Lipinski definition) is 6. The molecule has 0 amide bonds. The maximum atomic E-state index is 12.2. The van der Waals surface area contributed by atoms with E-state index in [4.69, 9.17) is 4.74 Å². The van der Waals surface area contributed by atoms with Gasteiger partial charge in [-0.2, -0.15) is 0 Å². The Labute approximate surface area is 164 Å². The van der Waals surface area contributed by atoms with Gasteiger partial charge in [0.15, 0.2) is 5.78 Å². The SMILES string of the molecule is CC1=C(C=CC(CO)CO)[C@](C)(CC2O[C@H](CO)[C@@H](O)[C@H](O)[C@H]2O)CCC1=O. The zero-order valence-corrected chi connectivity index (χ0v) is 16.4. The van der Waals surface area contributed by atoms with Gasteiger partial charge in [0.05, 0.1) is 25.9 Å². The molecule has 0 bridgehead atoms. The second-order valence-corrected chi connectivity index (χ2v) is 8.08. The molecule has 1 heterocycles. The number of ether oxygens (including phenoxy) is 1. The van der Waals surface area contributed by atoms with Gasteiger partial charge in [0.2, 0.25) is 0 Å². The van der Waals surface area contributed by atoms with Gasteiger partial charge in [-0.1, -0.05) is 19.1 Å². The van der Waals surface area contributed by atoms with Crippen LogP contribution in [0.4, 0.5) is 0 Å². The Morgan fingerprint density at radius 2 is 1.71 bits per heavy atom. The van der Waals surface area contributed by atoms with Crippen molar-refractivity contribution in [3.05, 3.63) is 23.3 Å². The molecular formula is C20H32O8. The molecule has 0 aromatic heterocycles. The van der Waals surface area contributed by atoms with Crippen LogP contribution >= 0.6 is 0 Å². The van der Waals surface area contributed by atoms with Crippen LogP contribution in [0.1, 0.15) is 33.1 Å². The lowest BCUT2D eigenvalue weighted by atomic mass is 9.66. The first-order valence-electron chi connectivity index (χ1n) is 9.63. The number of aliphatic hydroxyl groups is 6. The van der Waals surface area contributed by atoms with Crippen LogP contribution in [0, 0.1) is 11.3 Å². The minimum absolute atomic E-state index is 0.00970. The number of ketones is 1. The lowest BCUT2D eigenvalue weighted by molar-refractivity contribution is -0.234. The van der Waals surface area contributed by atoms with E-state index in [1.165, 1.54) is 0 Å². The third-order valence-electron chi connectivity index (χ3n) is 6.02. The van der Waals surface area contributed by atoms with Gasteiger partial charge in [0.25, 0.3) is 0 Å². The number of Topliss-reactive ketones (excluding diaryl/α,β-unsaturated/α-hetero) is 1. The summed E-state index contributed by atoms with van der Waals surface area (Å²) in [6.45, 7) is 2.71. The van der Waals surface area contributed by atoms with Gasteiger partial charge >= 0.3 is 0 Å². The number of aliphatic hydroxyl groups excluding tert-OH is 6. The molecule has 6 atom stereocenters. The van der Waals surface area contributed by atoms with Gasteiger partial charge < -0.3 is 35.4 Å². The summed E-state index contributed by atoms with van der Waals surface area (Å²) in [7, 11) is 0. The van der Waals surface area contributed by atoms with E-state index in [0.717, 1.165) is 5.57 Å². The van der Waals surface area contributed by atoms with E-state index in [0.29, 0.717) is 18.4 Å². The van der Waals surface area contributed by atoms with Crippen LogP contribution in [0.15, 0.2) is 23.3 Å². The molecule has 8 heteroatoms. The van der Waals surface area contributed by atoms with Crippen LogP contribution in [0.3, 0.4) is 0 Å². The summed E-state index contributed by atoms with van der Waals surface area (Å²) in [6.07, 6.45) is -1.52. The maximum absolute atomic E-state index is 12.2. The molecule has 6 N–H and O–H groups in total. The summed E-state index contributed by atoms with van der Waals surface area (Å²) in [6, 6.07) is 0. The molecule has 1 fully saturated rings. The highest BCUT2D eigenvalue weighted by Crippen LogP contribution is 2.45. The Morgan fingerprint density at radius 1 is 1.11 bits per heavy atom. The number of rotatable bonds is 7. The highest BCUT2D eigenvalue weighted by atomic mass is 16.5. The molecule has 1 aliphatic carbocycles. The number of hydrogen-bond acceptors (Lipinski definition) is 8. The Balaban J connectivity index is 2.31. The van der Waals surface area contributed by atoms with Crippen molar-refractivity contribution in [1.82, 2.24) is 0 Å². The summed E-state index contributed by atoms with van der Waals surface area (Å²) >= 11 is 0. The molecule has 28 heavy (non-hydrogen) atoms. The standard InChI is InChI=1S/C20H32O8/c1-11-13(4-3-12(8-21)9-22)20(2,6-5-14(11)24)7-15-17(25)19(27)18(26)16(10-23)28-15/h3-4,12,15-19,21-23,25-27H,5-10H2,1-2H3/t15?,16-,17+,18-,19-,20+/m1/s1. The lowest BCUT2D eigenvalue weighted by Crippen LogP contribution is -2.59. The van der Waals surface area contributed by atoms with Gasteiger partial charge in [0.1, 0.15) is 24.4 Å². The van der Waals surface area contributed by atoms with Crippen LogP contribution in [-0.4, -0.2) is 86.8 Å².